The Kier molecular flexibility index (Phi) is 5.89. The van der Waals surface area contributed by atoms with Gasteiger partial charge in [0, 0.05) is 25.6 Å². The van der Waals surface area contributed by atoms with Gasteiger partial charge in [-0.05, 0) is 18.4 Å². The third-order valence-electron chi connectivity index (χ3n) is 2.67. The third-order valence-corrected chi connectivity index (χ3v) is 2.67. The molecule has 7 heteroatoms. The molecule has 2 N–H and O–H groups in total. The van der Waals surface area contributed by atoms with Crippen LogP contribution < -0.4 is 10.9 Å². The average Bonchev–Trinajstić information content (AvgIpc) is 2.38. The smallest absolute Gasteiger partial charge is 0.303 e. The number of carboxylic acid groups (broad SMARTS) is 1. The average molecular weight is 281 g/mol. The molecule has 1 rings (SSSR count). The van der Waals surface area contributed by atoms with E-state index in [-0.39, 0.29) is 30.1 Å². The minimum Gasteiger partial charge on any atom is -0.481 e. The molecule has 0 spiro atoms. The van der Waals surface area contributed by atoms with Crippen molar-refractivity contribution in [2.75, 3.05) is 6.54 Å². The number of carbonyl (C=O) groups is 2. The van der Waals surface area contributed by atoms with Gasteiger partial charge in [0.25, 0.3) is 11.5 Å². The van der Waals surface area contributed by atoms with E-state index in [4.69, 9.17) is 5.11 Å². The van der Waals surface area contributed by atoms with Crippen LogP contribution in [0, 0.1) is 5.92 Å². The molecule has 1 unspecified atom stereocenters. The molecule has 1 aromatic rings. The summed E-state index contributed by atoms with van der Waals surface area (Å²) in [4.78, 5) is 33.9. The number of nitrogens with one attached hydrogen (secondary N) is 1. The molecule has 20 heavy (non-hydrogen) atoms. The zero-order valence-electron chi connectivity index (χ0n) is 11.6. The van der Waals surface area contributed by atoms with Crippen molar-refractivity contribution in [3.05, 3.63) is 28.2 Å². The van der Waals surface area contributed by atoms with Gasteiger partial charge in [-0.1, -0.05) is 13.8 Å². The van der Waals surface area contributed by atoms with Crippen LogP contribution >= 0.6 is 0 Å². The quantitative estimate of drug-likeness (QED) is 0.757. The fourth-order valence-electron chi connectivity index (χ4n) is 1.67. The first-order valence-electron chi connectivity index (χ1n) is 6.52. The molecule has 1 heterocycles. The number of aliphatic carboxylic acids is 1. The van der Waals surface area contributed by atoms with E-state index in [9.17, 15) is 14.4 Å². The second kappa shape index (κ2) is 7.42. The monoisotopic (exact) mass is 281 g/mol. The van der Waals surface area contributed by atoms with Crippen LogP contribution in [-0.4, -0.2) is 33.3 Å². The van der Waals surface area contributed by atoms with Crippen molar-refractivity contribution in [1.82, 2.24) is 15.1 Å². The summed E-state index contributed by atoms with van der Waals surface area (Å²) >= 11 is 0. The zero-order chi connectivity index (χ0) is 15.1. The molecule has 1 atom stereocenters. The van der Waals surface area contributed by atoms with E-state index in [1.165, 1.54) is 16.8 Å². The first kappa shape index (κ1) is 15.9. The summed E-state index contributed by atoms with van der Waals surface area (Å²) in [5.74, 6) is -1.48. The maximum absolute atomic E-state index is 11.9. The molecule has 1 amide bonds. The van der Waals surface area contributed by atoms with Crippen LogP contribution in [0.5, 0.6) is 0 Å². The Morgan fingerprint density at radius 1 is 1.45 bits per heavy atom. The molecule has 0 aliphatic carbocycles. The lowest BCUT2D eigenvalue weighted by atomic mass is 10.1. The van der Waals surface area contributed by atoms with Crippen molar-refractivity contribution in [2.45, 2.75) is 33.2 Å². The van der Waals surface area contributed by atoms with Crippen molar-refractivity contribution in [2.24, 2.45) is 5.92 Å². The van der Waals surface area contributed by atoms with Crippen LogP contribution in [0.2, 0.25) is 0 Å². The van der Waals surface area contributed by atoms with Crippen LogP contribution in [0.15, 0.2) is 16.9 Å². The van der Waals surface area contributed by atoms with Gasteiger partial charge in [-0.2, -0.15) is 5.10 Å². The van der Waals surface area contributed by atoms with Crippen molar-refractivity contribution in [1.29, 1.82) is 0 Å². The van der Waals surface area contributed by atoms with E-state index >= 15 is 0 Å². The van der Waals surface area contributed by atoms with E-state index in [2.05, 4.69) is 10.4 Å². The van der Waals surface area contributed by atoms with Crippen LogP contribution in [0.25, 0.3) is 0 Å². The van der Waals surface area contributed by atoms with E-state index in [0.29, 0.717) is 6.54 Å². The SMILES string of the molecule is CCCn1nc(C(=O)NCC(C)CC(=O)O)ccc1=O. The summed E-state index contributed by atoms with van der Waals surface area (Å²) in [5, 5.41) is 15.2. The molecule has 7 nitrogen and oxygen atoms in total. The summed E-state index contributed by atoms with van der Waals surface area (Å²) in [7, 11) is 0. The lowest BCUT2D eigenvalue weighted by Crippen LogP contribution is -2.32. The number of hydrogen-bond donors (Lipinski definition) is 2. The summed E-state index contributed by atoms with van der Waals surface area (Å²) in [6, 6.07) is 2.67. The van der Waals surface area contributed by atoms with Crippen LogP contribution in [0.1, 0.15) is 37.2 Å². The normalized spacial score (nSPS) is 11.9. The Morgan fingerprint density at radius 3 is 2.75 bits per heavy atom. The Bertz CT molecular complexity index is 539. The van der Waals surface area contributed by atoms with E-state index in [1.807, 2.05) is 6.92 Å². The fraction of sp³-hybridized carbons (Fsp3) is 0.538. The lowest BCUT2D eigenvalue weighted by Gasteiger charge is -2.10. The Balaban J connectivity index is 2.66. The number of aromatic nitrogens is 2. The number of amides is 1. The Labute approximate surface area is 116 Å². The summed E-state index contributed by atoms with van der Waals surface area (Å²) in [6.07, 6.45) is 0.733. The van der Waals surface area contributed by atoms with E-state index < -0.39 is 11.9 Å². The topological polar surface area (TPSA) is 101 Å². The van der Waals surface area contributed by atoms with Crippen LogP contribution in [0.4, 0.5) is 0 Å². The standard InChI is InChI=1S/C13H19N3O4/c1-3-6-16-11(17)5-4-10(15-16)13(20)14-8-9(2)7-12(18)19/h4-5,9H,3,6-8H2,1-2H3,(H,14,20)(H,18,19). The van der Waals surface area contributed by atoms with Gasteiger partial charge >= 0.3 is 5.97 Å². The first-order valence-corrected chi connectivity index (χ1v) is 6.52. The summed E-state index contributed by atoms with van der Waals surface area (Å²) < 4.78 is 1.25. The predicted molar refractivity (Wildman–Crippen MR) is 72.5 cm³/mol. The highest BCUT2D eigenvalue weighted by molar-refractivity contribution is 5.92. The molecule has 0 saturated carbocycles. The number of carboxylic acids is 1. The third kappa shape index (κ3) is 4.83. The number of nitrogens with zero attached hydrogens (tertiary/aromatic N) is 2. The van der Waals surface area contributed by atoms with Gasteiger partial charge < -0.3 is 10.4 Å². The van der Waals surface area contributed by atoms with Gasteiger partial charge in [0.15, 0.2) is 0 Å². The predicted octanol–water partition coefficient (Wildman–Crippen LogP) is 0.494. The molecule has 0 aromatic carbocycles. The van der Waals surface area contributed by atoms with Gasteiger partial charge in [-0.15, -0.1) is 0 Å². The van der Waals surface area contributed by atoms with Crippen molar-refractivity contribution in [3.63, 3.8) is 0 Å². The molecule has 0 radical (unpaired) electrons. The molecule has 110 valence electrons. The van der Waals surface area contributed by atoms with Gasteiger partial charge in [0.1, 0.15) is 5.69 Å². The molecule has 0 fully saturated rings. The number of carbonyl (C=O) groups excluding carboxylic acids is 1. The van der Waals surface area contributed by atoms with Gasteiger partial charge in [-0.25, -0.2) is 4.68 Å². The van der Waals surface area contributed by atoms with Crippen molar-refractivity contribution < 1.29 is 14.7 Å². The first-order chi connectivity index (χ1) is 9.43. The van der Waals surface area contributed by atoms with Gasteiger partial charge in [0.2, 0.25) is 0 Å². The Hall–Kier alpha value is -2.18. The van der Waals surface area contributed by atoms with Crippen LogP contribution in [-0.2, 0) is 11.3 Å². The van der Waals surface area contributed by atoms with E-state index in [0.717, 1.165) is 6.42 Å². The maximum atomic E-state index is 11.9. The highest BCUT2D eigenvalue weighted by Gasteiger charge is 2.12. The van der Waals surface area contributed by atoms with E-state index in [1.54, 1.807) is 6.92 Å². The molecule has 0 aliphatic heterocycles. The number of aryl methyl sites for hydroxylation is 1. The largest absolute Gasteiger partial charge is 0.481 e. The van der Waals surface area contributed by atoms with Gasteiger partial charge in [-0.3, -0.25) is 14.4 Å². The molecule has 0 bridgehead atoms. The summed E-state index contributed by atoms with van der Waals surface area (Å²) in [6.45, 7) is 4.35. The highest BCUT2D eigenvalue weighted by atomic mass is 16.4. The fourth-order valence-corrected chi connectivity index (χ4v) is 1.67. The molecule has 0 saturated heterocycles. The number of hydrogen-bond acceptors (Lipinski definition) is 4. The minimum atomic E-state index is -0.902. The van der Waals surface area contributed by atoms with Crippen molar-refractivity contribution >= 4 is 11.9 Å². The van der Waals surface area contributed by atoms with Gasteiger partial charge in [0.05, 0.1) is 0 Å². The zero-order valence-corrected chi connectivity index (χ0v) is 11.6. The summed E-state index contributed by atoms with van der Waals surface area (Å²) in [5.41, 5.74) is -0.0942. The number of rotatable bonds is 7. The minimum absolute atomic E-state index is 0.0109. The molecular formula is C13H19N3O4. The second-order valence-electron chi connectivity index (χ2n) is 4.69. The second-order valence-corrected chi connectivity index (χ2v) is 4.69. The molecular weight excluding hydrogens is 262 g/mol. The van der Waals surface area contributed by atoms with Crippen LogP contribution in [0.3, 0.4) is 0 Å². The molecule has 0 aliphatic rings. The highest BCUT2D eigenvalue weighted by Crippen LogP contribution is 2.00. The lowest BCUT2D eigenvalue weighted by molar-refractivity contribution is -0.137. The van der Waals surface area contributed by atoms with Crippen molar-refractivity contribution in [3.8, 4) is 0 Å². The maximum Gasteiger partial charge on any atom is 0.303 e. The Morgan fingerprint density at radius 2 is 2.15 bits per heavy atom. The molecule has 1 aromatic heterocycles.